The van der Waals surface area contributed by atoms with E-state index in [1.807, 2.05) is 67.2 Å². The van der Waals surface area contributed by atoms with Gasteiger partial charge in [0.2, 0.25) is 5.95 Å². The van der Waals surface area contributed by atoms with Gasteiger partial charge in [0, 0.05) is 24.7 Å². The summed E-state index contributed by atoms with van der Waals surface area (Å²) >= 11 is 0. The van der Waals surface area contributed by atoms with Crippen molar-refractivity contribution in [2.75, 3.05) is 19.0 Å². The highest BCUT2D eigenvalue weighted by Gasteiger charge is 2.10. The first-order valence-corrected chi connectivity index (χ1v) is 8.33. The quantitative estimate of drug-likeness (QED) is 0.705. The van der Waals surface area contributed by atoms with E-state index in [2.05, 4.69) is 16.4 Å². The molecule has 0 saturated heterocycles. The van der Waals surface area contributed by atoms with Crippen molar-refractivity contribution >= 4 is 5.95 Å². The van der Waals surface area contributed by atoms with Gasteiger partial charge in [0.15, 0.2) is 0 Å². The van der Waals surface area contributed by atoms with Gasteiger partial charge in [-0.2, -0.15) is 0 Å². The maximum absolute atomic E-state index is 5.67. The molecule has 0 saturated carbocycles. The van der Waals surface area contributed by atoms with Gasteiger partial charge < -0.3 is 19.4 Å². The van der Waals surface area contributed by atoms with Gasteiger partial charge >= 0.3 is 0 Å². The van der Waals surface area contributed by atoms with E-state index in [0.717, 1.165) is 34.3 Å². The van der Waals surface area contributed by atoms with Gasteiger partial charge in [0.1, 0.15) is 11.5 Å². The molecule has 0 amide bonds. The zero-order valence-corrected chi connectivity index (χ0v) is 14.8. The molecule has 130 valence electrons. The first-order chi connectivity index (χ1) is 12.2. The number of anilines is 1. The number of nitrogens with zero attached hydrogens (tertiary/aromatic N) is 2. The summed E-state index contributed by atoms with van der Waals surface area (Å²) in [7, 11) is 3.67. The number of ether oxygens (including phenoxy) is 2. The number of rotatable bonds is 7. The summed E-state index contributed by atoms with van der Waals surface area (Å²) < 4.78 is 13.0. The second kappa shape index (κ2) is 7.75. The van der Waals surface area contributed by atoms with Crippen molar-refractivity contribution < 1.29 is 9.47 Å². The molecule has 0 aliphatic rings. The Morgan fingerprint density at radius 1 is 1.12 bits per heavy atom. The highest BCUT2D eigenvalue weighted by Crippen LogP contribution is 2.26. The van der Waals surface area contributed by atoms with Gasteiger partial charge in [0.25, 0.3) is 0 Å². The molecule has 1 heterocycles. The van der Waals surface area contributed by atoms with Crippen LogP contribution in [0.2, 0.25) is 0 Å². The maximum atomic E-state index is 5.67. The van der Waals surface area contributed by atoms with Gasteiger partial charge in [-0.15, -0.1) is 0 Å². The number of hydrogen-bond donors (Lipinski definition) is 1. The van der Waals surface area contributed by atoms with Crippen LogP contribution in [0.15, 0.2) is 54.7 Å². The molecule has 1 aromatic heterocycles. The molecule has 0 unspecified atom stereocenters. The number of methoxy groups -OCH3 is 1. The minimum atomic E-state index is 0.651. The smallest absolute Gasteiger partial charge is 0.203 e. The molecule has 25 heavy (non-hydrogen) atoms. The fourth-order valence-electron chi connectivity index (χ4n) is 2.74. The van der Waals surface area contributed by atoms with E-state index in [1.165, 1.54) is 0 Å². The summed E-state index contributed by atoms with van der Waals surface area (Å²) in [6.45, 7) is 3.29. The van der Waals surface area contributed by atoms with E-state index in [4.69, 9.17) is 9.47 Å². The Bertz CT molecular complexity index is 842. The Morgan fingerprint density at radius 2 is 1.96 bits per heavy atom. The highest BCUT2D eigenvalue weighted by atomic mass is 16.5. The summed E-state index contributed by atoms with van der Waals surface area (Å²) in [6, 6.07) is 16.0. The van der Waals surface area contributed by atoms with Crippen LogP contribution in [-0.2, 0) is 13.6 Å². The molecule has 0 aliphatic carbocycles. The van der Waals surface area contributed by atoms with Crippen LogP contribution in [-0.4, -0.2) is 23.3 Å². The molecule has 0 radical (unpaired) electrons. The molecular weight excluding hydrogens is 314 g/mol. The fourth-order valence-corrected chi connectivity index (χ4v) is 2.74. The molecule has 0 atom stereocenters. The third kappa shape index (κ3) is 3.76. The van der Waals surface area contributed by atoms with Crippen molar-refractivity contribution in [1.29, 1.82) is 0 Å². The Hall–Kier alpha value is -2.95. The van der Waals surface area contributed by atoms with Crippen molar-refractivity contribution in [3.05, 3.63) is 60.3 Å². The van der Waals surface area contributed by atoms with Gasteiger partial charge in [-0.3, -0.25) is 0 Å². The van der Waals surface area contributed by atoms with E-state index in [0.29, 0.717) is 13.2 Å². The van der Waals surface area contributed by atoms with Crippen LogP contribution >= 0.6 is 0 Å². The molecule has 3 aromatic rings. The standard InChI is InChI=1S/C20H23N3O2/c1-4-25-19-11-6-5-8-16(19)13-21-20-22-14-18(23(20)2)15-9-7-10-17(12-15)24-3/h5-12,14H,4,13H2,1-3H3,(H,21,22). The molecule has 0 fully saturated rings. The van der Waals surface area contributed by atoms with Crippen LogP contribution < -0.4 is 14.8 Å². The van der Waals surface area contributed by atoms with Gasteiger partial charge in [-0.25, -0.2) is 4.98 Å². The van der Waals surface area contributed by atoms with Gasteiger partial charge in [0.05, 0.1) is 25.6 Å². The molecule has 0 aliphatic heterocycles. The largest absolute Gasteiger partial charge is 0.497 e. The van der Waals surface area contributed by atoms with Gasteiger partial charge in [-0.1, -0.05) is 30.3 Å². The van der Waals surface area contributed by atoms with E-state index >= 15 is 0 Å². The summed E-state index contributed by atoms with van der Waals surface area (Å²) in [6.07, 6.45) is 1.87. The molecule has 1 N–H and O–H groups in total. The topological polar surface area (TPSA) is 48.3 Å². The predicted molar refractivity (Wildman–Crippen MR) is 100 cm³/mol. The van der Waals surface area contributed by atoms with E-state index in [-0.39, 0.29) is 0 Å². The SMILES string of the molecule is CCOc1ccccc1CNc1ncc(-c2cccc(OC)c2)n1C. The molecule has 2 aromatic carbocycles. The van der Waals surface area contributed by atoms with E-state index < -0.39 is 0 Å². The lowest BCUT2D eigenvalue weighted by molar-refractivity contribution is 0.337. The molecule has 3 rings (SSSR count). The lowest BCUT2D eigenvalue weighted by Crippen LogP contribution is -2.07. The van der Waals surface area contributed by atoms with Gasteiger partial charge in [-0.05, 0) is 25.1 Å². The first kappa shape index (κ1) is 16.9. The average Bonchev–Trinajstić information content (AvgIpc) is 3.02. The summed E-state index contributed by atoms with van der Waals surface area (Å²) in [4.78, 5) is 4.51. The fraction of sp³-hybridized carbons (Fsp3) is 0.250. The van der Waals surface area contributed by atoms with E-state index in [1.54, 1.807) is 7.11 Å². The monoisotopic (exact) mass is 337 g/mol. The van der Waals surface area contributed by atoms with Crippen molar-refractivity contribution in [3.63, 3.8) is 0 Å². The van der Waals surface area contributed by atoms with Crippen LogP contribution in [0, 0.1) is 0 Å². The van der Waals surface area contributed by atoms with Crippen molar-refractivity contribution in [2.45, 2.75) is 13.5 Å². The Morgan fingerprint density at radius 3 is 2.76 bits per heavy atom. The second-order valence-corrected chi connectivity index (χ2v) is 5.65. The number of nitrogens with one attached hydrogen (secondary N) is 1. The van der Waals surface area contributed by atoms with Crippen LogP contribution in [0.3, 0.4) is 0 Å². The zero-order valence-electron chi connectivity index (χ0n) is 14.8. The molecule has 0 bridgehead atoms. The van der Waals surface area contributed by atoms with Crippen molar-refractivity contribution in [3.8, 4) is 22.8 Å². The van der Waals surface area contributed by atoms with Crippen molar-refractivity contribution in [2.24, 2.45) is 7.05 Å². The Labute approximate surface area is 148 Å². The van der Waals surface area contributed by atoms with Crippen molar-refractivity contribution in [1.82, 2.24) is 9.55 Å². The van der Waals surface area contributed by atoms with Crippen LogP contribution in [0.5, 0.6) is 11.5 Å². The first-order valence-electron chi connectivity index (χ1n) is 8.33. The second-order valence-electron chi connectivity index (χ2n) is 5.65. The predicted octanol–water partition coefficient (Wildman–Crippen LogP) is 4.11. The molecule has 0 spiro atoms. The number of hydrogen-bond acceptors (Lipinski definition) is 4. The summed E-state index contributed by atoms with van der Waals surface area (Å²) in [5.41, 5.74) is 3.20. The normalized spacial score (nSPS) is 10.5. The minimum Gasteiger partial charge on any atom is -0.497 e. The summed E-state index contributed by atoms with van der Waals surface area (Å²) in [5, 5.41) is 3.39. The minimum absolute atomic E-state index is 0.651. The third-order valence-electron chi connectivity index (χ3n) is 4.06. The summed E-state index contributed by atoms with van der Waals surface area (Å²) in [5.74, 6) is 2.54. The highest BCUT2D eigenvalue weighted by molar-refractivity contribution is 5.63. The van der Waals surface area contributed by atoms with Crippen LogP contribution in [0.1, 0.15) is 12.5 Å². The number of para-hydroxylation sites is 1. The van der Waals surface area contributed by atoms with Crippen LogP contribution in [0.25, 0.3) is 11.3 Å². The Kier molecular flexibility index (Phi) is 5.23. The average molecular weight is 337 g/mol. The number of imidazole rings is 1. The third-order valence-corrected chi connectivity index (χ3v) is 4.06. The zero-order chi connectivity index (χ0) is 17.6. The van der Waals surface area contributed by atoms with Crippen LogP contribution in [0.4, 0.5) is 5.95 Å². The van der Waals surface area contributed by atoms with E-state index in [9.17, 15) is 0 Å². The number of aromatic nitrogens is 2. The lowest BCUT2D eigenvalue weighted by atomic mass is 10.1. The molecular formula is C20H23N3O2. The lowest BCUT2D eigenvalue weighted by Gasteiger charge is -2.12. The molecule has 5 heteroatoms. The Balaban J connectivity index is 1.78. The molecule has 5 nitrogen and oxygen atoms in total. The number of benzene rings is 2. The maximum Gasteiger partial charge on any atom is 0.203 e.